The Morgan fingerprint density at radius 1 is 1.04 bits per heavy atom. The molecule has 1 amide bonds. The summed E-state index contributed by atoms with van der Waals surface area (Å²) in [4.78, 5) is 34.0. The van der Waals surface area contributed by atoms with Gasteiger partial charge in [0.1, 0.15) is 47.2 Å². The molecule has 0 saturated carbocycles. The molecular weight excluding hydrogens is 626 g/mol. The van der Waals surface area contributed by atoms with Crippen molar-refractivity contribution in [3.8, 4) is 11.9 Å². The molecule has 7 aromatic rings. The summed E-state index contributed by atoms with van der Waals surface area (Å²) in [7, 11) is 1.91. The van der Waals surface area contributed by atoms with Crippen LogP contribution in [0.3, 0.4) is 0 Å². The molecule has 7 rings (SSSR count). The van der Waals surface area contributed by atoms with Crippen LogP contribution in [0.15, 0.2) is 88.0 Å². The summed E-state index contributed by atoms with van der Waals surface area (Å²) in [6.07, 6.45) is 2.60. The first-order chi connectivity index (χ1) is 23.9. The van der Waals surface area contributed by atoms with Crippen LogP contribution in [0, 0.1) is 11.3 Å². The molecule has 0 aliphatic carbocycles. The number of nitrogens with two attached hydrogens (primary N) is 1. The maximum Gasteiger partial charge on any atom is 0.407 e. The Morgan fingerprint density at radius 2 is 1.88 bits per heavy atom. The molecule has 244 valence electrons. The number of hydrogen-bond donors (Lipinski definition) is 3. The van der Waals surface area contributed by atoms with Gasteiger partial charge < -0.3 is 39.2 Å². The van der Waals surface area contributed by atoms with Gasteiger partial charge in [-0.1, -0.05) is 36.4 Å². The Morgan fingerprint density at radius 3 is 2.71 bits per heavy atom. The number of nitriles is 1. The third kappa shape index (κ3) is 6.96. The number of nitrogens with one attached hydrogen (secondary N) is 2. The van der Waals surface area contributed by atoms with Gasteiger partial charge in [0.15, 0.2) is 11.2 Å². The van der Waals surface area contributed by atoms with Gasteiger partial charge in [0.25, 0.3) is 0 Å². The Bertz CT molecular complexity index is 2320. The number of fused-ring (bicyclic) bond motifs is 3. The van der Waals surface area contributed by atoms with Gasteiger partial charge in [-0.2, -0.15) is 15.2 Å². The lowest BCUT2D eigenvalue weighted by Gasteiger charge is -2.19. The highest BCUT2D eigenvalue weighted by Gasteiger charge is 2.14. The van der Waals surface area contributed by atoms with Crippen molar-refractivity contribution in [3.05, 3.63) is 102 Å². The average molecular weight is 656 g/mol. The second-order valence-electron chi connectivity index (χ2n) is 11.0. The first-order valence-corrected chi connectivity index (χ1v) is 15.2. The van der Waals surface area contributed by atoms with E-state index in [1.807, 2.05) is 78.7 Å². The number of likely N-dealkylation sites (N-methyl/N-ethyl adjacent to an activating group) is 1. The Hall–Kier alpha value is -6.88. The number of nitrogen functional groups attached to an aromatic ring is 1. The van der Waals surface area contributed by atoms with Gasteiger partial charge in [-0.25, -0.2) is 14.8 Å². The molecule has 4 aromatic heterocycles. The van der Waals surface area contributed by atoms with Crippen LogP contribution in [-0.2, 0) is 17.9 Å². The topological polar surface area (TPSA) is 194 Å². The molecule has 4 heterocycles. The van der Waals surface area contributed by atoms with Gasteiger partial charge in [0.2, 0.25) is 17.7 Å². The average Bonchev–Trinajstić information content (AvgIpc) is 3.86. The Kier molecular flexibility index (Phi) is 8.45. The number of alkyl carbamates (subject to hydrolysis) is 1. The molecule has 0 bridgehead atoms. The molecule has 0 saturated heterocycles. The Labute approximate surface area is 278 Å². The highest BCUT2D eigenvalue weighted by atomic mass is 16.5. The monoisotopic (exact) mass is 655 g/mol. The zero-order valence-electron chi connectivity index (χ0n) is 26.2. The summed E-state index contributed by atoms with van der Waals surface area (Å²) in [6, 6.07) is 24.7. The lowest BCUT2D eigenvalue weighted by Crippen LogP contribution is -2.28. The number of para-hydroxylation sites is 2. The number of benzene rings is 3. The third-order valence-corrected chi connectivity index (χ3v) is 7.66. The smallest absolute Gasteiger partial charge is 0.407 e. The van der Waals surface area contributed by atoms with Crippen LogP contribution in [-0.4, -0.2) is 51.2 Å². The van der Waals surface area contributed by atoms with Crippen LogP contribution in [0.5, 0.6) is 5.88 Å². The van der Waals surface area contributed by atoms with E-state index in [2.05, 4.69) is 36.3 Å². The summed E-state index contributed by atoms with van der Waals surface area (Å²) in [5.74, 6) is 1.14. The number of aromatic nitrogens is 5. The minimum Gasteiger partial charge on any atom is -0.471 e. The fourth-order valence-corrected chi connectivity index (χ4v) is 5.09. The first kappa shape index (κ1) is 30.8. The number of oxazole rings is 1. The molecule has 0 fully saturated rings. The van der Waals surface area contributed by atoms with E-state index in [1.165, 1.54) is 6.33 Å². The molecule has 0 aliphatic rings. The summed E-state index contributed by atoms with van der Waals surface area (Å²) >= 11 is 0. The van der Waals surface area contributed by atoms with E-state index in [0.717, 1.165) is 22.2 Å². The van der Waals surface area contributed by atoms with Crippen molar-refractivity contribution in [1.82, 2.24) is 30.2 Å². The number of aromatic amines is 1. The summed E-state index contributed by atoms with van der Waals surface area (Å²) in [5.41, 5.74) is 11.7. The maximum absolute atomic E-state index is 12.4. The third-order valence-electron chi connectivity index (χ3n) is 7.66. The lowest BCUT2D eigenvalue weighted by molar-refractivity contribution is 0.148. The molecule has 0 aliphatic heterocycles. The molecular formula is C35H29N9O5. The SMILES string of the molecule is CN(CCOC(=O)NCc1ccc(COc2nc(N)nc3nc[nH]c23)cc1)c1ccc2oc(/C=C(\C#N)c3nc4ccccc4o3)cc2c1. The van der Waals surface area contributed by atoms with E-state index in [0.29, 0.717) is 52.6 Å². The number of allylic oxidation sites excluding steroid dienone is 1. The van der Waals surface area contributed by atoms with Crippen LogP contribution in [0.4, 0.5) is 16.4 Å². The van der Waals surface area contributed by atoms with E-state index in [1.54, 1.807) is 12.1 Å². The summed E-state index contributed by atoms with van der Waals surface area (Å²) < 4.78 is 22.9. The minimum absolute atomic E-state index is 0.0824. The molecule has 14 heteroatoms. The first-order valence-electron chi connectivity index (χ1n) is 15.2. The largest absolute Gasteiger partial charge is 0.471 e. The number of anilines is 2. The molecule has 0 radical (unpaired) electrons. The van der Waals surface area contributed by atoms with Crippen molar-refractivity contribution in [2.24, 2.45) is 0 Å². The summed E-state index contributed by atoms with van der Waals surface area (Å²) in [5, 5.41) is 13.4. The van der Waals surface area contributed by atoms with Gasteiger partial charge >= 0.3 is 6.09 Å². The van der Waals surface area contributed by atoms with Crippen LogP contribution in [0.2, 0.25) is 0 Å². The minimum atomic E-state index is -0.514. The fraction of sp³-hybridized carbons (Fsp3) is 0.143. The van der Waals surface area contributed by atoms with E-state index in [4.69, 9.17) is 24.0 Å². The van der Waals surface area contributed by atoms with Crippen LogP contribution >= 0.6 is 0 Å². The number of hydrogen-bond acceptors (Lipinski definition) is 12. The van der Waals surface area contributed by atoms with Gasteiger partial charge in [0, 0.05) is 30.7 Å². The molecule has 49 heavy (non-hydrogen) atoms. The molecule has 4 N–H and O–H groups in total. The normalized spacial score (nSPS) is 11.6. The predicted molar refractivity (Wildman–Crippen MR) is 182 cm³/mol. The maximum atomic E-state index is 12.4. The number of ether oxygens (including phenoxy) is 2. The van der Waals surface area contributed by atoms with Crippen molar-refractivity contribution in [3.63, 3.8) is 0 Å². The highest BCUT2D eigenvalue weighted by molar-refractivity contribution is 5.91. The molecule has 0 atom stereocenters. The molecule has 14 nitrogen and oxygen atoms in total. The number of nitrogens with zero attached hydrogens (tertiary/aromatic N) is 6. The number of H-pyrrole nitrogens is 1. The number of rotatable bonds is 11. The second kappa shape index (κ2) is 13.5. The van der Waals surface area contributed by atoms with Gasteiger partial charge in [0.05, 0.1) is 12.9 Å². The quantitative estimate of drug-likeness (QED) is 0.141. The van der Waals surface area contributed by atoms with E-state index in [-0.39, 0.29) is 30.6 Å². The van der Waals surface area contributed by atoms with Crippen LogP contribution < -0.4 is 20.7 Å². The molecule has 0 spiro atoms. The van der Waals surface area contributed by atoms with Gasteiger partial charge in [-0.15, -0.1) is 0 Å². The van der Waals surface area contributed by atoms with Crippen LogP contribution in [0.1, 0.15) is 22.8 Å². The van der Waals surface area contributed by atoms with Gasteiger partial charge in [-0.05, 0) is 47.5 Å². The fourth-order valence-electron chi connectivity index (χ4n) is 5.09. The molecule has 0 unspecified atom stereocenters. The number of furan rings is 1. The number of carbonyl (C=O) groups excluding carboxylic acids is 1. The van der Waals surface area contributed by atoms with E-state index < -0.39 is 6.09 Å². The predicted octanol–water partition coefficient (Wildman–Crippen LogP) is 5.83. The zero-order chi connectivity index (χ0) is 33.7. The second-order valence-corrected chi connectivity index (χ2v) is 11.0. The number of imidazole rings is 1. The van der Waals surface area contributed by atoms with Crippen LogP contribution in [0.25, 0.3) is 44.9 Å². The van der Waals surface area contributed by atoms with Crippen molar-refractivity contribution < 1.29 is 23.1 Å². The van der Waals surface area contributed by atoms with Gasteiger partial charge in [-0.3, -0.25) is 0 Å². The van der Waals surface area contributed by atoms with Crippen molar-refractivity contribution in [2.75, 3.05) is 30.8 Å². The molecule has 3 aromatic carbocycles. The van der Waals surface area contributed by atoms with Crippen molar-refractivity contribution >= 4 is 62.6 Å². The van der Waals surface area contributed by atoms with E-state index in [9.17, 15) is 10.1 Å². The zero-order valence-corrected chi connectivity index (χ0v) is 26.2. The van der Waals surface area contributed by atoms with Crippen molar-refractivity contribution in [2.45, 2.75) is 13.2 Å². The highest BCUT2D eigenvalue weighted by Crippen LogP contribution is 2.28. The number of carbonyl (C=O) groups is 1. The lowest BCUT2D eigenvalue weighted by atomic mass is 10.1. The summed E-state index contributed by atoms with van der Waals surface area (Å²) in [6.45, 7) is 1.23. The van der Waals surface area contributed by atoms with Crippen molar-refractivity contribution in [1.29, 1.82) is 5.26 Å². The number of amides is 1. The standard InChI is InChI=1S/C35H29N9O5/c1-44(25-10-11-28-23(14-25)15-26(48-28)16-24(17-36)32-41-27-4-2-3-5-29(27)49-32)12-13-46-35(45)38-18-21-6-8-22(9-7-21)19-47-33-30-31(40-20-39-30)42-34(37)43-33/h2-11,14-16,20H,12-13,18-19H2,1H3,(H,38,45)(H3,37,39,40,42,43)/b24-16+. The Balaban J connectivity index is 0.879. The van der Waals surface area contributed by atoms with E-state index >= 15 is 0 Å².